The van der Waals surface area contributed by atoms with Gasteiger partial charge in [0.25, 0.3) is 0 Å². The van der Waals surface area contributed by atoms with Gasteiger partial charge in [-0.3, -0.25) is 0 Å². The number of aromatic amines is 1. The van der Waals surface area contributed by atoms with Crippen molar-refractivity contribution in [3.63, 3.8) is 0 Å². The Morgan fingerprint density at radius 2 is 1.90 bits per heavy atom. The molecule has 0 amide bonds. The Balaban J connectivity index is 1.74. The van der Waals surface area contributed by atoms with Gasteiger partial charge in [0.1, 0.15) is 11.8 Å². The van der Waals surface area contributed by atoms with Crippen LogP contribution in [0.1, 0.15) is 30.9 Å². The first-order chi connectivity index (χ1) is 9.74. The van der Waals surface area contributed by atoms with Gasteiger partial charge in [0.15, 0.2) is 11.5 Å². The van der Waals surface area contributed by atoms with Crippen LogP contribution in [0.2, 0.25) is 0 Å². The van der Waals surface area contributed by atoms with Crippen LogP contribution in [0, 0.1) is 0 Å². The molecule has 0 unspecified atom stereocenters. The monoisotopic (exact) mass is 267 g/mol. The van der Waals surface area contributed by atoms with E-state index in [1.807, 2.05) is 0 Å². The predicted octanol–water partition coefficient (Wildman–Crippen LogP) is 3.09. The van der Waals surface area contributed by atoms with E-state index in [9.17, 15) is 0 Å². The highest BCUT2D eigenvalue weighted by Gasteiger charge is 2.05. The van der Waals surface area contributed by atoms with Gasteiger partial charge in [-0.25, -0.2) is 15.0 Å². The lowest BCUT2D eigenvalue weighted by Crippen LogP contribution is -2.02. The highest BCUT2D eigenvalue weighted by molar-refractivity contribution is 5.81. The fraction of sp³-hybridized carbons (Fsp3) is 0.267. The van der Waals surface area contributed by atoms with E-state index < -0.39 is 0 Å². The summed E-state index contributed by atoms with van der Waals surface area (Å²) < 4.78 is 0. The molecule has 20 heavy (non-hydrogen) atoms. The molecule has 0 aliphatic heterocycles. The first kappa shape index (κ1) is 12.6. The van der Waals surface area contributed by atoms with Crippen molar-refractivity contribution in [2.45, 2.75) is 26.3 Å². The van der Waals surface area contributed by atoms with Crippen molar-refractivity contribution >= 4 is 17.0 Å². The Kier molecular flexibility index (Phi) is 3.33. The van der Waals surface area contributed by atoms with Crippen molar-refractivity contribution in [1.29, 1.82) is 0 Å². The molecule has 2 heterocycles. The number of hydrogen-bond donors (Lipinski definition) is 2. The number of H-pyrrole nitrogens is 1. The minimum absolute atomic E-state index is 0.559. The molecule has 3 rings (SSSR count). The molecule has 5 heteroatoms. The molecule has 2 N–H and O–H groups in total. The third-order valence-electron chi connectivity index (χ3n) is 3.33. The second-order valence-electron chi connectivity index (χ2n) is 5.07. The maximum absolute atomic E-state index is 4.25. The van der Waals surface area contributed by atoms with E-state index in [1.54, 1.807) is 6.33 Å². The number of aromatic nitrogens is 4. The average molecular weight is 267 g/mol. The minimum Gasteiger partial charge on any atom is -0.364 e. The summed E-state index contributed by atoms with van der Waals surface area (Å²) in [5, 5.41) is 3.32. The number of anilines is 1. The van der Waals surface area contributed by atoms with E-state index in [4.69, 9.17) is 0 Å². The third kappa shape index (κ3) is 2.47. The van der Waals surface area contributed by atoms with Gasteiger partial charge >= 0.3 is 0 Å². The topological polar surface area (TPSA) is 66.5 Å². The molecule has 0 spiro atoms. The SMILES string of the molecule is CC(C)c1ccc(CNc2ncnc3nc[nH]c23)cc1. The summed E-state index contributed by atoms with van der Waals surface area (Å²) in [5.41, 5.74) is 4.09. The van der Waals surface area contributed by atoms with Crippen molar-refractivity contribution in [2.24, 2.45) is 0 Å². The van der Waals surface area contributed by atoms with E-state index in [0.717, 1.165) is 17.9 Å². The third-order valence-corrected chi connectivity index (χ3v) is 3.33. The Labute approximate surface area is 117 Å². The maximum atomic E-state index is 4.25. The van der Waals surface area contributed by atoms with E-state index in [0.29, 0.717) is 11.6 Å². The van der Waals surface area contributed by atoms with Crippen LogP contribution in [0.25, 0.3) is 11.2 Å². The smallest absolute Gasteiger partial charge is 0.182 e. The zero-order valence-electron chi connectivity index (χ0n) is 11.6. The van der Waals surface area contributed by atoms with Gasteiger partial charge in [0.2, 0.25) is 0 Å². The van der Waals surface area contributed by atoms with Gasteiger partial charge < -0.3 is 10.3 Å². The molecule has 0 fully saturated rings. The second-order valence-corrected chi connectivity index (χ2v) is 5.07. The standard InChI is InChI=1S/C15H17N5/c1-10(2)12-5-3-11(4-6-12)7-16-14-13-15(18-8-17-13)20-9-19-14/h3-6,8-10H,7H2,1-2H3,(H2,16,17,18,19,20). The summed E-state index contributed by atoms with van der Waals surface area (Å²) >= 11 is 0. The van der Waals surface area contributed by atoms with Gasteiger partial charge in [-0.2, -0.15) is 0 Å². The Hall–Kier alpha value is -2.43. The fourth-order valence-corrected chi connectivity index (χ4v) is 2.11. The lowest BCUT2D eigenvalue weighted by molar-refractivity contribution is 0.865. The van der Waals surface area contributed by atoms with Crippen LogP contribution in [-0.4, -0.2) is 19.9 Å². The molecule has 0 bridgehead atoms. The molecule has 0 radical (unpaired) electrons. The number of nitrogens with zero attached hydrogens (tertiary/aromatic N) is 3. The number of hydrogen-bond acceptors (Lipinski definition) is 4. The average Bonchev–Trinajstić information content (AvgIpc) is 2.94. The maximum Gasteiger partial charge on any atom is 0.182 e. The first-order valence-electron chi connectivity index (χ1n) is 6.71. The number of nitrogens with one attached hydrogen (secondary N) is 2. The van der Waals surface area contributed by atoms with Crippen LogP contribution >= 0.6 is 0 Å². The van der Waals surface area contributed by atoms with Crippen LogP contribution in [0.5, 0.6) is 0 Å². The van der Waals surface area contributed by atoms with Crippen molar-refractivity contribution in [2.75, 3.05) is 5.32 Å². The highest BCUT2D eigenvalue weighted by Crippen LogP contribution is 2.17. The molecular formula is C15H17N5. The minimum atomic E-state index is 0.559. The lowest BCUT2D eigenvalue weighted by atomic mass is 10.0. The van der Waals surface area contributed by atoms with E-state index in [1.165, 1.54) is 17.5 Å². The fourth-order valence-electron chi connectivity index (χ4n) is 2.11. The van der Waals surface area contributed by atoms with Gasteiger partial charge in [-0.1, -0.05) is 38.1 Å². The van der Waals surface area contributed by atoms with Crippen LogP contribution in [-0.2, 0) is 6.54 Å². The van der Waals surface area contributed by atoms with Crippen LogP contribution in [0.3, 0.4) is 0 Å². The van der Waals surface area contributed by atoms with Crippen molar-refractivity contribution in [1.82, 2.24) is 19.9 Å². The molecule has 0 aliphatic rings. The molecule has 102 valence electrons. The summed E-state index contributed by atoms with van der Waals surface area (Å²) in [5.74, 6) is 1.34. The largest absolute Gasteiger partial charge is 0.364 e. The van der Waals surface area contributed by atoms with Crippen molar-refractivity contribution in [3.8, 4) is 0 Å². The molecule has 0 saturated carbocycles. The van der Waals surface area contributed by atoms with Gasteiger partial charge in [0, 0.05) is 6.54 Å². The van der Waals surface area contributed by atoms with Gasteiger partial charge in [-0.15, -0.1) is 0 Å². The van der Waals surface area contributed by atoms with Crippen LogP contribution < -0.4 is 5.32 Å². The first-order valence-corrected chi connectivity index (χ1v) is 6.71. The summed E-state index contributed by atoms with van der Waals surface area (Å²) in [4.78, 5) is 15.5. The summed E-state index contributed by atoms with van der Waals surface area (Å²) in [6.45, 7) is 5.12. The Bertz CT molecular complexity index is 700. The summed E-state index contributed by atoms with van der Waals surface area (Å²) in [6.07, 6.45) is 3.15. The normalized spacial score (nSPS) is 11.2. The molecule has 0 saturated heterocycles. The van der Waals surface area contributed by atoms with Crippen LogP contribution in [0.15, 0.2) is 36.9 Å². The van der Waals surface area contributed by atoms with Crippen LogP contribution in [0.4, 0.5) is 5.82 Å². The van der Waals surface area contributed by atoms with Crippen molar-refractivity contribution in [3.05, 3.63) is 48.0 Å². The quantitative estimate of drug-likeness (QED) is 0.762. The molecule has 0 atom stereocenters. The number of fused-ring (bicyclic) bond motifs is 1. The molecular weight excluding hydrogens is 250 g/mol. The number of imidazole rings is 1. The number of benzene rings is 1. The molecule has 3 aromatic rings. The zero-order chi connectivity index (χ0) is 13.9. The molecule has 2 aromatic heterocycles. The van der Waals surface area contributed by atoms with Crippen molar-refractivity contribution < 1.29 is 0 Å². The van der Waals surface area contributed by atoms with E-state index in [2.05, 4.69) is 63.4 Å². The Morgan fingerprint density at radius 1 is 1.10 bits per heavy atom. The molecule has 5 nitrogen and oxygen atoms in total. The van der Waals surface area contributed by atoms with E-state index in [-0.39, 0.29) is 0 Å². The van der Waals surface area contributed by atoms with Gasteiger partial charge in [0.05, 0.1) is 6.33 Å². The van der Waals surface area contributed by atoms with Gasteiger partial charge in [-0.05, 0) is 17.0 Å². The molecule has 1 aromatic carbocycles. The predicted molar refractivity (Wildman–Crippen MR) is 79.5 cm³/mol. The van der Waals surface area contributed by atoms with E-state index >= 15 is 0 Å². The number of rotatable bonds is 4. The molecule has 0 aliphatic carbocycles. The highest BCUT2D eigenvalue weighted by atomic mass is 15.1. The summed E-state index contributed by atoms with van der Waals surface area (Å²) in [6, 6.07) is 8.64. The Morgan fingerprint density at radius 3 is 2.65 bits per heavy atom. The second kappa shape index (κ2) is 5.28. The summed E-state index contributed by atoms with van der Waals surface area (Å²) in [7, 11) is 0. The zero-order valence-corrected chi connectivity index (χ0v) is 11.6. The lowest BCUT2D eigenvalue weighted by Gasteiger charge is -2.08.